The van der Waals surface area contributed by atoms with Crippen LogP contribution in [0.15, 0.2) is 48.5 Å². The number of ether oxygens (including phenoxy) is 1. The van der Waals surface area contributed by atoms with Crippen molar-refractivity contribution in [2.24, 2.45) is 0 Å². The number of nitrogen functional groups attached to an aromatic ring is 1. The number of hydrogen-bond acceptors (Lipinski definition) is 5. The Morgan fingerprint density at radius 1 is 1.20 bits per heavy atom. The molecule has 3 N–H and O–H groups in total. The summed E-state index contributed by atoms with van der Waals surface area (Å²) >= 11 is 1.44. The highest BCUT2D eigenvalue weighted by molar-refractivity contribution is 7.15. The minimum absolute atomic E-state index is 0.139. The van der Waals surface area contributed by atoms with Crippen molar-refractivity contribution in [3.05, 3.63) is 59.2 Å². The van der Waals surface area contributed by atoms with E-state index in [0.29, 0.717) is 16.6 Å². The fourth-order valence-electron chi connectivity index (χ4n) is 2.27. The van der Waals surface area contributed by atoms with Crippen LogP contribution in [-0.4, -0.2) is 17.5 Å². The first-order valence-electron chi connectivity index (χ1n) is 7.53. The quantitative estimate of drug-likeness (QED) is 0.727. The van der Waals surface area contributed by atoms with Gasteiger partial charge >= 0.3 is 0 Å². The molecule has 1 heterocycles. The van der Waals surface area contributed by atoms with Crippen molar-refractivity contribution < 1.29 is 13.9 Å². The van der Waals surface area contributed by atoms with Gasteiger partial charge in [0.1, 0.15) is 11.6 Å². The number of nitrogens with one attached hydrogen (secondary N) is 1. The average molecular weight is 357 g/mol. The first-order valence-corrected chi connectivity index (χ1v) is 8.34. The maximum Gasteiger partial charge on any atom is 0.262 e. The first kappa shape index (κ1) is 16.9. The second-order valence-electron chi connectivity index (χ2n) is 5.33. The Morgan fingerprint density at radius 2 is 1.88 bits per heavy atom. The van der Waals surface area contributed by atoms with Crippen LogP contribution in [0.4, 0.5) is 15.2 Å². The van der Waals surface area contributed by atoms with Gasteiger partial charge in [-0.15, -0.1) is 11.3 Å². The molecule has 5 nitrogen and oxygen atoms in total. The van der Waals surface area contributed by atoms with E-state index in [1.165, 1.54) is 35.6 Å². The van der Waals surface area contributed by atoms with E-state index >= 15 is 0 Å². The lowest BCUT2D eigenvalue weighted by Crippen LogP contribution is -2.20. The minimum atomic E-state index is -0.355. The van der Waals surface area contributed by atoms with Crippen molar-refractivity contribution in [1.29, 1.82) is 0 Å². The van der Waals surface area contributed by atoms with Crippen molar-refractivity contribution in [2.45, 2.75) is 6.92 Å². The van der Waals surface area contributed by atoms with Crippen LogP contribution < -0.4 is 15.8 Å². The molecule has 0 bridgehead atoms. The number of rotatable bonds is 5. The Bertz CT molecular complexity index is 876. The zero-order chi connectivity index (χ0) is 17.8. The summed E-state index contributed by atoms with van der Waals surface area (Å²) in [5.41, 5.74) is 8.02. The van der Waals surface area contributed by atoms with Crippen molar-refractivity contribution >= 4 is 28.1 Å². The smallest absolute Gasteiger partial charge is 0.262 e. The van der Waals surface area contributed by atoms with Gasteiger partial charge in [-0.1, -0.05) is 0 Å². The summed E-state index contributed by atoms with van der Waals surface area (Å²) in [6.07, 6.45) is 0. The molecule has 2 aromatic carbocycles. The molecule has 0 saturated heterocycles. The van der Waals surface area contributed by atoms with E-state index in [-0.39, 0.29) is 18.3 Å². The fourth-order valence-corrected chi connectivity index (χ4v) is 2.98. The highest BCUT2D eigenvalue weighted by Crippen LogP contribution is 2.29. The second kappa shape index (κ2) is 7.31. The fraction of sp³-hybridized carbons (Fsp3) is 0.111. The SMILES string of the molecule is Cc1sc(N)nc1-c1ccc(OCC(=O)Nc2ccc(F)cc2)cc1. The first-order chi connectivity index (χ1) is 12.0. The summed E-state index contributed by atoms with van der Waals surface area (Å²) < 4.78 is 18.3. The van der Waals surface area contributed by atoms with E-state index < -0.39 is 0 Å². The van der Waals surface area contributed by atoms with Crippen LogP contribution in [0.1, 0.15) is 4.88 Å². The normalized spacial score (nSPS) is 10.5. The molecule has 3 rings (SSSR count). The monoisotopic (exact) mass is 357 g/mol. The Kier molecular flexibility index (Phi) is 4.95. The molecule has 0 saturated carbocycles. The topological polar surface area (TPSA) is 77.2 Å². The summed E-state index contributed by atoms with van der Waals surface area (Å²) in [7, 11) is 0. The van der Waals surface area contributed by atoms with Crippen LogP contribution in [-0.2, 0) is 4.79 Å². The molecule has 25 heavy (non-hydrogen) atoms. The van der Waals surface area contributed by atoms with Gasteiger partial charge in [0.25, 0.3) is 5.91 Å². The Hall–Kier alpha value is -2.93. The van der Waals surface area contributed by atoms with E-state index in [9.17, 15) is 9.18 Å². The number of nitrogens with two attached hydrogens (primary N) is 1. The van der Waals surface area contributed by atoms with Crippen molar-refractivity contribution in [1.82, 2.24) is 4.98 Å². The number of amides is 1. The van der Waals surface area contributed by atoms with Crippen LogP contribution in [0.25, 0.3) is 11.3 Å². The highest BCUT2D eigenvalue weighted by atomic mass is 32.1. The highest BCUT2D eigenvalue weighted by Gasteiger charge is 2.09. The largest absolute Gasteiger partial charge is 0.484 e. The lowest BCUT2D eigenvalue weighted by Gasteiger charge is -2.08. The average Bonchev–Trinajstić information content (AvgIpc) is 2.94. The van der Waals surface area contributed by atoms with Gasteiger partial charge in [-0.05, 0) is 55.5 Å². The van der Waals surface area contributed by atoms with Crippen LogP contribution in [0, 0.1) is 12.7 Å². The minimum Gasteiger partial charge on any atom is -0.484 e. The third-order valence-corrected chi connectivity index (χ3v) is 4.24. The lowest BCUT2D eigenvalue weighted by molar-refractivity contribution is -0.118. The molecular formula is C18H16FN3O2S. The lowest BCUT2D eigenvalue weighted by atomic mass is 10.1. The zero-order valence-electron chi connectivity index (χ0n) is 13.5. The van der Waals surface area contributed by atoms with E-state index in [0.717, 1.165) is 16.1 Å². The predicted octanol–water partition coefficient (Wildman–Crippen LogP) is 3.86. The number of aryl methyl sites for hydroxylation is 1. The molecule has 7 heteroatoms. The Labute approximate surface area is 148 Å². The number of aromatic nitrogens is 1. The molecule has 0 atom stereocenters. The van der Waals surface area contributed by atoms with Crippen molar-refractivity contribution in [3.63, 3.8) is 0 Å². The van der Waals surface area contributed by atoms with Gasteiger partial charge in [0, 0.05) is 16.1 Å². The number of hydrogen-bond donors (Lipinski definition) is 2. The van der Waals surface area contributed by atoms with Gasteiger partial charge in [-0.2, -0.15) is 0 Å². The Balaban J connectivity index is 1.57. The molecule has 0 aliphatic heterocycles. The summed E-state index contributed by atoms with van der Waals surface area (Å²) in [5.74, 6) is -0.107. The van der Waals surface area contributed by atoms with E-state index in [2.05, 4.69) is 10.3 Å². The zero-order valence-corrected chi connectivity index (χ0v) is 14.3. The second-order valence-corrected chi connectivity index (χ2v) is 6.56. The number of halogens is 1. The van der Waals surface area contributed by atoms with Gasteiger partial charge in [0.05, 0.1) is 5.69 Å². The molecule has 3 aromatic rings. The molecule has 1 aromatic heterocycles. The summed E-state index contributed by atoms with van der Waals surface area (Å²) in [6, 6.07) is 12.8. The Morgan fingerprint density at radius 3 is 2.48 bits per heavy atom. The van der Waals surface area contributed by atoms with Crippen LogP contribution >= 0.6 is 11.3 Å². The van der Waals surface area contributed by atoms with Crippen LogP contribution in [0.3, 0.4) is 0 Å². The molecular weight excluding hydrogens is 341 g/mol. The molecule has 0 fully saturated rings. The molecule has 0 aliphatic rings. The van der Waals surface area contributed by atoms with Crippen molar-refractivity contribution in [2.75, 3.05) is 17.7 Å². The van der Waals surface area contributed by atoms with Gasteiger partial charge in [-0.3, -0.25) is 4.79 Å². The number of thiazole rings is 1. The van der Waals surface area contributed by atoms with E-state index in [4.69, 9.17) is 10.5 Å². The number of carbonyl (C=O) groups is 1. The molecule has 1 amide bonds. The number of benzene rings is 2. The van der Waals surface area contributed by atoms with Crippen LogP contribution in [0.2, 0.25) is 0 Å². The standard InChI is InChI=1S/C18H16FN3O2S/c1-11-17(22-18(20)25-11)12-2-8-15(9-3-12)24-10-16(23)21-14-6-4-13(19)5-7-14/h2-9H,10H2,1H3,(H2,20,22)(H,21,23). The molecule has 0 unspecified atom stereocenters. The van der Waals surface area contributed by atoms with E-state index in [1.54, 1.807) is 12.1 Å². The number of anilines is 2. The van der Waals surface area contributed by atoms with Crippen LogP contribution in [0.5, 0.6) is 5.75 Å². The molecule has 128 valence electrons. The van der Waals surface area contributed by atoms with Gasteiger partial charge < -0.3 is 15.8 Å². The summed E-state index contributed by atoms with van der Waals surface area (Å²) in [6.45, 7) is 1.83. The third kappa shape index (κ3) is 4.33. The van der Waals surface area contributed by atoms with Crippen molar-refractivity contribution in [3.8, 4) is 17.0 Å². The van der Waals surface area contributed by atoms with E-state index in [1.807, 2.05) is 19.1 Å². The van der Waals surface area contributed by atoms with Gasteiger partial charge in [-0.25, -0.2) is 9.37 Å². The molecule has 0 radical (unpaired) electrons. The maximum absolute atomic E-state index is 12.8. The third-order valence-electron chi connectivity index (χ3n) is 3.44. The van der Waals surface area contributed by atoms with Gasteiger partial charge in [0.15, 0.2) is 11.7 Å². The maximum atomic E-state index is 12.8. The molecule has 0 spiro atoms. The summed E-state index contributed by atoms with van der Waals surface area (Å²) in [5, 5.41) is 3.17. The predicted molar refractivity (Wildman–Crippen MR) is 97.2 cm³/mol. The molecule has 0 aliphatic carbocycles. The number of carbonyl (C=O) groups excluding carboxylic acids is 1. The van der Waals surface area contributed by atoms with Gasteiger partial charge in [0.2, 0.25) is 0 Å². The summed E-state index contributed by atoms with van der Waals surface area (Å²) in [4.78, 5) is 17.2. The number of nitrogens with zero attached hydrogens (tertiary/aromatic N) is 1.